The van der Waals surface area contributed by atoms with Gasteiger partial charge in [-0.15, -0.1) is 10.2 Å². The van der Waals surface area contributed by atoms with Crippen molar-refractivity contribution in [2.45, 2.75) is 33.0 Å². The molecule has 0 aliphatic rings. The number of tetrazole rings is 1. The minimum atomic E-state index is -1.20. The third-order valence-corrected chi connectivity index (χ3v) is 6.56. The molecule has 0 aliphatic carbocycles. The largest absolute Gasteiger partial charge is 0.497 e. The fraction of sp³-hybridized carbons (Fsp3) is 0.194. The van der Waals surface area contributed by atoms with Gasteiger partial charge in [0.25, 0.3) is 11.8 Å². The molecule has 0 bridgehead atoms. The first-order valence-electron chi connectivity index (χ1n) is 13.2. The van der Waals surface area contributed by atoms with Gasteiger partial charge in [0.1, 0.15) is 29.6 Å². The van der Waals surface area contributed by atoms with Crippen molar-refractivity contribution in [1.29, 1.82) is 0 Å². The van der Waals surface area contributed by atoms with Gasteiger partial charge in [0, 0.05) is 23.9 Å². The molecule has 10 nitrogen and oxygen atoms in total. The zero-order valence-electron chi connectivity index (χ0n) is 23.3. The van der Waals surface area contributed by atoms with Crippen LogP contribution >= 0.6 is 0 Å². The molecular weight excluding hydrogens is 539 g/mol. The SMILES string of the molecule is COc1cccc(N(C(=O)Cn2nnc(-c3ccc(C)cc3)n2)[C@@H](C(=O)NCc2ccc(F)cc2)c2ccc(C)o2)c1. The van der Waals surface area contributed by atoms with Crippen LogP contribution in [-0.4, -0.2) is 39.1 Å². The van der Waals surface area contributed by atoms with E-state index < -0.39 is 17.9 Å². The highest BCUT2D eigenvalue weighted by molar-refractivity contribution is 6.01. The van der Waals surface area contributed by atoms with Crippen LogP contribution in [0.25, 0.3) is 11.4 Å². The van der Waals surface area contributed by atoms with Gasteiger partial charge in [-0.1, -0.05) is 48.0 Å². The Morgan fingerprint density at radius 2 is 1.79 bits per heavy atom. The number of hydrogen-bond donors (Lipinski definition) is 1. The first-order valence-corrected chi connectivity index (χ1v) is 13.2. The van der Waals surface area contributed by atoms with Crippen molar-refractivity contribution >= 4 is 17.5 Å². The maximum Gasteiger partial charge on any atom is 0.251 e. The highest BCUT2D eigenvalue weighted by atomic mass is 19.1. The number of carbonyl (C=O) groups excluding carboxylic acids is 2. The van der Waals surface area contributed by atoms with Crippen LogP contribution in [-0.2, 0) is 22.7 Å². The Kier molecular flexibility index (Phi) is 8.37. The lowest BCUT2D eigenvalue weighted by Gasteiger charge is -2.30. The molecule has 0 unspecified atom stereocenters. The second kappa shape index (κ2) is 12.5. The number of aryl methyl sites for hydroxylation is 2. The van der Waals surface area contributed by atoms with Crippen LogP contribution in [0.2, 0.25) is 0 Å². The fourth-order valence-electron chi connectivity index (χ4n) is 4.39. The summed E-state index contributed by atoms with van der Waals surface area (Å²) in [5.41, 5.74) is 2.93. The van der Waals surface area contributed by atoms with Crippen molar-refractivity contribution in [1.82, 2.24) is 25.5 Å². The summed E-state index contributed by atoms with van der Waals surface area (Å²) in [6.07, 6.45) is 0. The minimum absolute atomic E-state index is 0.111. The standard InChI is InChI=1S/C31H29FN6O4/c1-20-7-12-23(13-8-20)30-34-36-37(35-30)19-28(39)38(25-5-4-6-26(17-25)41-3)29(27-16-9-21(2)42-27)31(40)33-18-22-10-14-24(32)15-11-22/h4-17,29H,18-19H2,1-3H3,(H,33,40)/t29-/m1/s1. The second-order valence-electron chi connectivity index (χ2n) is 9.67. The fourth-order valence-corrected chi connectivity index (χ4v) is 4.39. The zero-order chi connectivity index (χ0) is 29.6. The molecule has 2 heterocycles. The molecule has 0 saturated heterocycles. The summed E-state index contributed by atoms with van der Waals surface area (Å²) in [6, 6.07) is 22.4. The van der Waals surface area contributed by atoms with Crippen molar-refractivity contribution in [3.05, 3.63) is 113 Å². The highest BCUT2D eigenvalue weighted by Crippen LogP contribution is 2.32. The quantitative estimate of drug-likeness (QED) is 0.258. The van der Waals surface area contributed by atoms with Crippen molar-refractivity contribution in [2.75, 3.05) is 12.0 Å². The molecule has 0 spiro atoms. The zero-order valence-corrected chi connectivity index (χ0v) is 23.3. The van der Waals surface area contributed by atoms with Crippen LogP contribution in [0.3, 0.4) is 0 Å². The van der Waals surface area contributed by atoms with E-state index in [9.17, 15) is 14.0 Å². The predicted octanol–water partition coefficient (Wildman–Crippen LogP) is 4.79. The van der Waals surface area contributed by atoms with E-state index in [0.717, 1.165) is 11.1 Å². The molecule has 214 valence electrons. The van der Waals surface area contributed by atoms with E-state index in [1.807, 2.05) is 31.2 Å². The van der Waals surface area contributed by atoms with Crippen LogP contribution in [0, 0.1) is 19.7 Å². The molecule has 0 radical (unpaired) electrons. The lowest BCUT2D eigenvalue weighted by Crippen LogP contribution is -2.45. The van der Waals surface area contributed by atoms with Gasteiger partial charge in [0.2, 0.25) is 5.82 Å². The number of aromatic nitrogens is 4. The Bertz CT molecular complexity index is 1680. The Morgan fingerprint density at radius 3 is 2.48 bits per heavy atom. The van der Waals surface area contributed by atoms with Gasteiger partial charge in [-0.2, -0.15) is 4.80 Å². The lowest BCUT2D eigenvalue weighted by molar-refractivity contribution is -0.127. The van der Waals surface area contributed by atoms with Gasteiger partial charge in [-0.05, 0) is 61.0 Å². The average molecular weight is 569 g/mol. The number of amides is 2. The number of anilines is 1. The Balaban J connectivity index is 1.49. The number of rotatable bonds is 10. The maximum atomic E-state index is 14.0. The summed E-state index contributed by atoms with van der Waals surface area (Å²) in [4.78, 5) is 30.4. The molecule has 0 saturated carbocycles. The van der Waals surface area contributed by atoms with E-state index in [-0.39, 0.29) is 24.7 Å². The smallest absolute Gasteiger partial charge is 0.251 e. The number of carbonyl (C=O) groups is 2. The molecule has 5 aromatic rings. The van der Waals surface area contributed by atoms with Crippen molar-refractivity contribution in [3.63, 3.8) is 0 Å². The summed E-state index contributed by atoms with van der Waals surface area (Å²) in [5, 5.41) is 15.4. The number of halogens is 1. The highest BCUT2D eigenvalue weighted by Gasteiger charge is 2.35. The summed E-state index contributed by atoms with van der Waals surface area (Å²) < 4.78 is 24.7. The summed E-state index contributed by atoms with van der Waals surface area (Å²) in [6.45, 7) is 3.53. The molecular formula is C31H29FN6O4. The summed E-state index contributed by atoms with van der Waals surface area (Å²) in [7, 11) is 1.51. The monoisotopic (exact) mass is 568 g/mol. The number of methoxy groups -OCH3 is 1. The Labute approximate surface area is 241 Å². The van der Waals surface area contributed by atoms with Crippen molar-refractivity contribution in [2.24, 2.45) is 0 Å². The van der Waals surface area contributed by atoms with E-state index >= 15 is 0 Å². The molecule has 1 atom stereocenters. The lowest BCUT2D eigenvalue weighted by atomic mass is 10.1. The normalized spacial score (nSPS) is 11.6. The Morgan fingerprint density at radius 1 is 1.02 bits per heavy atom. The van der Waals surface area contributed by atoms with Crippen molar-refractivity contribution in [3.8, 4) is 17.1 Å². The molecule has 1 N–H and O–H groups in total. The summed E-state index contributed by atoms with van der Waals surface area (Å²) >= 11 is 0. The van der Waals surface area contributed by atoms with E-state index in [1.165, 1.54) is 28.9 Å². The van der Waals surface area contributed by atoms with Gasteiger partial charge in [-0.3, -0.25) is 14.5 Å². The number of furan rings is 1. The third-order valence-electron chi connectivity index (χ3n) is 6.56. The van der Waals surface area contributed by atoms with Gasteiger partial charge in [0.15, 0.2) is 6.04 Å². The predicted molar refractivity (Wildman–Crippen MR) is 153 cm³/mol. The molecule has 5 rings (SSSR count). The van der Waals surface area contributed by atoms with E-state index in [4.69, 9.17) is 9.15 Å². The molecule has 2 amide bonds. The van der Waals surface area contributed by atoms with Crippen molar-refractivity contribution < 1.29 is 23.1 Å². The van der Waals surface area contributed by atoms with Crippen LogP contribution < -0.4 is 15.0 Å². The molecule has 0 fully saturated rings. The van der Waals surface area contributed by atoms with E-state index in [1.54, 1.807) is 55.5 Å². The minimum Gasteiger partial charge on any atom is -0.497 e. The van der Waals surface area contributed by atoms with Crippen LogP contribution in [0.5, 0.6) is 5.75 Å². The number of benzene rings is 3. The van der Waals surface area contributed by atoms with Gasteiger partial charge in [0.05, 0.1) is 7.11 Å². The number of nitrogens with one attached hydrogen (secondary N) is 1. The second-order valence-corrected chi connectivity index (χ2v) is 9.67. The Hall–Kier alpha value is -5.32. The van der Waals surface area contributed by atoms with E-state index in [2.05, 4.69) is 20.7 Å². The number of nitrogens with zero attached hydrogens (tertiary/aromatic N) is 5. The van der Waals surface area contributed by atoms with Gasteiger partial charge in [-0.25, -0.2) is 4.39 Å². The van der Waals surface area contributed by atoms with Gasteiger partial charge < -0.3 is 14.5 Å². The van der Waals surface area contributed by atoms with Gasteiger partial charge >= 0.3 is 0 Å². The topological polar surface area (TPSA) is 115 Å². The first-order chi connectivity index (χ1) is 20.3. The number of ether oxygens (including phenoxy) is 1. The molecule has 11 heteroatoms. The average Bonchev–Trinajstić information content (AvgIpc) is 3.64. The van der Waals surface area contributed by atoms with Crippen LogP contribution in [0.15, 0.2) is 89.3 Å². The first kappa shape index (κ1) is 28.2. The summed E-state index contributed by atoms with van der Waals surface area (Å²) in [5.74, 6) is 0.310. The maximum absolute atomic E-state index is 14.0. The molecule has 2 aromatic heterocycles. The third kappa shape index (κ3) is 6.52. The van der Waals surface area contributed by atoms with E-state index in [0.29, 0.717) is 28.6 Å². The molecule has 3 aromatic carbocycles. The van der Waals surface area contributed by atoms with Crippen LogP contribution in [0.1, 0.15) is 28.7 Å². The number of hydrogen-bond acceptors (Lipinski definition) is 7. The van der Waals surface area contributed by atoms with Crippen LogP contribution in [0.4, 0.5) is 10.1 Å². The molecule has 0 aliphatic heterocycles. The molecule has 42 heavy (non-hydrogen) atoms.